The molecular weight excluding hydrogens is 176 g/mol. The summed E-state index contributed by atoms with van der Waals surface area (Å²) < 4.78 is 4.87. The smallest absolute Gasteiger partial charge is 0.312 e. The van der Waals surface area contributed by atoms with Gasteiger partial charge in [-0.05, 0) is 44.9 Å². The molecule has 1 atom stereocenters. The molecule has 0 amide bonds. The molecule has 2 nitrogen and oxygen atoms in total. The maximum absolute atomic E-state index is 11.6. The van der Waals surface area contributed by atoms with Gasteiger partial charge in [0.1, 0.15) is 0 Å². The number of rotatable bonds is 1. The minimum Gasteiger partial charge on any atom is -0.469 e. The van der Waals surface area contributed by atoms with Crippen LogP contribution in [0.4, 0.5) is 0 Å². The fraction of sp³-hybridized carbons (Fsp3) is 0.750. The molecule has 0 aromatic heterocycles. The average molecular weight is 194 g/mol. The molecule has 0 spiro atoms. The van der Waals surface area contributed by atoms with Gasteiger partial charge >= 0.3 is 5.97 Å². The van der Waals surface area contributed by atoms with Gasteiger partial charge in [0.25, 0.3) is 0 Å². The van der Waals surface area contributed by atoms with E-state index < -0.39 is 0 Å². The molecule has 0 heterocycles. The van der Waals surface area contributed by atoms with Gasteiger partial charge in [-0.15, -0.1) is 0 Å². The summed E-state index contributed by atoms with van der Waals surface area (Å²) >= 11 is 0. The molecule has 0 aromatic carbocycles. The molecule has 2 aliphatic carbocycles. The van der Waals surface area contributed by atoms with Gasteiger partial charge < -0.3 is 4.74 Å². The zero-order chi connectivity index (χ0) is 9.97. The maximum atomic E-state index is 11.6. The van der Waals surface area contributed by atoms with Gasteiger partial charge in [-0.25, -0.2) is 0 Å². The van der Waals surface area contributed by atoms with E-state index in [0.717, 1.165) is 12.8 Å². The number of hydrogen-bond donors (Lipinski definition) is 0. The minimum atomic E-state index is -0.0147. The van der Waals surface area contributed by atoms with Gasteiger partial charge in [0.15, 0.2) is 0 Å². The Morgan fingerprint density at radius 2 is 1.93 bits per heavy atom. The Morgan fingerprint density at radius 1 is 1.21 bits per heavy atom. The van der Waals surface area contributed by atoms with Crippen molar-refractivity contribution in [2.24, 2.45) is 5.92 Å². The van der Waals surface area contributed by atoms with Crippen molar-refractivity contribution >= 4 is 5.97 Å². The molecule has 2 aliphatic rings. The van der Waals surface area contributed by atoms with Crippen LogP contribution in [0.3, 0.4) is 0 Å². The highest BCUT2D eigenvalue weighted by atomic mass is 16.5. The summed E-state index contributed by atoms with van der Waals surface area (Å²) in [7, 11) is 1.50. The SMILES string of the molecule is COC(=O)C1CCCC2=C1CCCC2. The van der Waals surface area contributed by atoms with Crippen molar-refractivity contribution in [3.8, 4) is 0 Å². The largest absolute Gasteiger partial charge is 0.469 e. The van der Waals surface area contributed by atoms with Crippen molar-refractivity contribution in [3.63, 3.8) is 0 Å². The lowest BCUT2D eigenvalue weighted by atomic mass is 9.76. The highest BCUT2D eigenvalue weighted by molar-refractivity contribution is 5.76. The van der Waals surface area contributed by atoms with E-state index in [1.54, 1.807) is 5.57 Å². The Morgan fingerprint density at radius 3 is 2.71 bits per heavy atom. The molecule has 0 fully saturated rings. The van der Waals surface area contributed by atoms with Gasteiger partial charge in [0.05, 0.1) is 13.0 Å². The second-order valence-electron chi connectivity index (χ2n) is 4.30. The summed E-state index contributed by atoms with van der Waals surface area (Å²) in [6.45, 7) is 0. The molecule has 0 N–H and O–H groups in total. The van der Waals surface area contributed by atoms with E-state index in [2.05, 4.69) is 0 Å². The second kappa shape index (κ2) is 4.16. The summed E-state index contributed by atoms with van der Waals surface area (Å²) in [6.07, 6.45) is 8.32. The summed E-state index contributed by atoms with van der Waals surface area (Å²) in [6, 6.07) is 0. The quantitative estimate of drug-likeness (QED) is 0.474. The summed E-state index contributed by atoms with van der Waals surface area (Å²) in [5, 5.41) is 0. The molecule has 78 valence electrons. The van der Waals surface area contributed by atoms with E-state index in [1.807, 2.05) is 0 Å². The van der Waals surface area contributed by atoms with E-state index in [-0.39, 0.29) is 11.9 Å². The maximum Gasteiger partial charge on any atom is 0.312 e. The average Bonchev–Trinajstić information content (AvgIpc) is 2.27. The predicted molar refractivity (Wildman–Crippen MR) is 54.9 cm³/mol. The van der Waals surface area contributed by atoms with Crippen LogP contribution in [0.15, 0.2) is 11.1 Å². The van der Waals surface area contributed by atoms with Gasteiger partial charge in [-0.2, -0.15) is 0 Å². The van der Waals surface area contributed by atoms with Crippen LogP contribution in [-0.4, -0.2) is 13.1 Å². The molecule has 0 radical (unpaired) electrons. The third kappa shape index (κ3) is 1.70. The van der Waals surface area contributed by atoms with Crippen LogP contribution in [0, 0.1) is 5.92 Å². The molecule has 2 heteroatoms. The Bertz CT molecular complexity index is 261. The first-order chi connectivity index (χ1) is 6.83. The van der Waals surface area contributed by atoms with Crippen LogP contribution in [0.1, 0.15) is 44.9 Å². The zero-order valence-electron chi connectivity index (χ0n) is 8.84. The zero-order valence-corrected chi connectivity index (χ0v) is 8.84. The molecule has 1 unspecified atom stereocenters. The lowest BCUT2D eigenvalue weighted by Crippen LogP contribution is -2.24. The number of hydrogen-bond acceptors (Lipinski definition) is 2. The first kappa shape index (κ1) is 9.75. The Kier molecular flexibility index (Phi) is 2.90. The number of carbonyl (C=O) groups excluding carboxylic acids is 1. The number of esters is 1. The first-order valence-corrected chi connectivity index (χ1v) is 5.61. The highest BCUT2D eigenvalue weighted by Crippen LogP contribution is 2.39. The summed E-state index contributed by atoms with van der Waals surface area (Å²) in [4.78, 5) is 11.6. The number of methoxy groups -OCH3 is 1. The Hall–Kier alpha value is -0.790. The van der Waals surface area contributed by atoms with Gasteiger partial charge in [0.2, 0.25) is 0 Å². The van der Waals surface area contributed by atoms with E-state index in [1.165, 1.54) is 44.8 Å². The molecule has 14 heavy (non-hydrogen) atoms. The van der Waals surface area contributed by atoms with Gasteiger partial charge in [0, 0.05) is 0 Å². The fourth-order valence-corrected chi connectivity index (χ4v) is 2.79. The van der Waals surface area contributed by atoms with Crippen LogP contribution >= 0.6 is 0 Å². The predicted octanol–water partition coefficient (Wildman–Crippen LogP) is 2.83. The van der Waals surface area contributed by atoms with Crippen molar-refractivity contribution in [2.75, 3.05) is 7.11 Å². The van der Waals surface area contributed by atoms with Crippen molar-refractivity contribution in [1.82, 2.24) is 0 Å². The molecular formula is C12H18O2. The Balaban J connectivity index is 2.20. The number of allylic oxidation sites excluding steroid dienone is 1. The molecule has 0 bridgehead atoms. The lowest BCUT2D eigenvalue weighted by Gasteiger charge is -2.30. The van der Waals surface area contributed by atoms with Crippen molar-refractivity contribution in [3.05, 3.63) is 11.1 Å². The van der Waals surface area contributed by atoms with Crippen molar-refractivity contribution < 1.29 is 9.53 Å². The topological polar surface area (TPSA) is 26.3 Å². The third-order valence-corrected chi connectivity index (χ3v) is 3.51. The van der Waals surface area contributed by atoms with E-state index in [4.69, 9.17) is 4.74 Å². The van der Waals surface area contributed by atoms with E-state index in [9.17, 15) is 4.79 Å². The van der Waals surface area contributed by atoms with Gasteiger partial charge in [-0.1, -0.05) is 11.1 Å². The number of carbonyl (C=O) groups is 1. The monoisotopic (exact) mass is 194 g/mol. The molecule has 2 rings (SSSR count). The van der Waals surface area contributed by atoms with Crippen molar-refractivity contribution in [2.45, 2.75) is 44.9 Å². The van der Waals surface area contributed by atoms with E-state index >= 15 is 0 Å². The molecule has 0 saturated carbocycles. The fourth-order valence-electron chi connectivity index (χ4n) is 2.79. The Labute approximate surface area is 85.3 Å². The standard InChI is InChI=1S/C12H18O2/c1-14-12(13)11-8-4-6-9-5-2-3-7-10(9)11/h11H,2-8H2,1H3. The van der Waals surface area contributed by atoms with Crippen LogP contribution in [0.25, 0.3) is 0 Å². The van der Waals surface area contributed by atoms with E-state index in [0.29, 0.717) is 0 Å². The third-order valence-electron chi connectivity index (χ3n) is 3.51. The highest BCUT2D eigenvalue weighted by Gasteiger charge is 2.30. The van der Waals surface area contributed by atoms with Crippen LogP contribution in [0.5, 0.6) is 0 Å². The van der Waals surface area contributed by atoms with Gasteiger partial charge in [-0.3, -0.25) is 4.79 Å². The minimum absolute atomic E-state index is 0.0147. The second-order valence-corrected chi connectivity index (χ2v) is 4.30. The molecule has 0 saturated heterocycles. The summed E-state index contributed by atoms with van der Waals surface area (Å²) in [5.41, 5.74) is 2.99. The first-order valence-electron chi connectivity index (χ1n) is 5.61. The van der Waals surface area contributed by atoms with Crippen LogP contribution < -0.4 is 0 Å². The van der Waals surface area contributed by atoms with Crippen molar-refractivity contribution in [1.29, 1.82) is 0 Å². The normalized spacial score (nSPS) is 27.1. The molecule has 0 aromatic rings. The summed E-state index contributed by atoms with van der Waals surface area (Å²) in [5.74, 6) is 0.0862. The van der Waals surface area contributed by atoms with Crippen LogP contribution in [0.2, 0.25) is 0 Å². The molecule has 0 aliphatic heterocycles. The number of ether oxygens (including phenoxy) is 1. The van der Waals surface area contributed by atoms with Crippen LogP contribution in [-0.2, 0) is 9.53 Å². The lowest BCUT2D eigenvalue weighted by molar-refractivity contribution is -0.144.